The van der Waals surface area contributed by atoms with Crippen LogP contribution in [0.15, 0.2) is 21.5 Å². The van der Waals surface area contributed by atoms with E-state index in [1.807, 2.05) is 0 Å². The molecule has 1 aliphatic rings. The van der Waals surface area contributed by atoms with Crippen LogP contribution in [0.3, 0.4) is 0 Å². The quantitative estimate of drug-likeness (QED) is 0.804. The summed E-state index contributed by atoms with van der Waals surface area (Å²) in [5.41, 5.74) is 0.167. The number of sulfonamides is 1. The topological polar surface area (TPSA) is 46.2 Å². The lowest BCUT2D eigenvalue weighted by atomic mass is 9.92. The fourth-order valence-corrected chi connectivity index (χ4v) is 5.81. The van der Waals surface area contributed by atoms with Gasteiger partial charge in [-0.25, -0.2) is 13.1 Å². The third kappa shape index (κ3) is 3.69. The summed E-state index contributed by atoms with van der Waals surface area (Å²) in [5, 5.41) is 0.239. The molecule has 0 aliphatic heterocycles. The molecular formula is C13H16BrCl2NO2S. The van der Waals surface area contributed by atoms with E-state index in [1.54, 1.807) is 0 Å². The molecule has 0 bridgehead atoms. The molecule has 1 aliphatic carbocycles. The molecule has 0 amide bonds. The minimum Gasteiger partial charge on any atom is -0.208 e. The number of rotatable bonds is 3. The Bertz CT molecular complexity index is 608. The molecule has 1 saturated carbocycles. The van der Waals surface area contributed by atoms with Crippen LogP contribution in [-0.4, -0.2) is 14.5 Å². The molecule has 7 heteroatoms. The van der Waals surface area contributed by atoms with E-state index in [0.717, 1.165) is 19.3 Å². The Morgan fingerprint density at radius 2 is 1.85 bits per heavy atom. The largest absolute Gasteiger partial charge is 0.243 e. The first kappa shape index (κ1) is 16.6. The first-order valence-corrected chi connectivity index (χ1v) is 9.31. The van der Waals surface area contributed by atoms with Crippen molar-refractivity contribution in [3.63, 3.8) is 0 Å². The van der Waals surface area contributed by atoms with Crippen molar-refractivity contribution in [3.05, 3.63) is 26.7 Å². The van der Waals surface area contributed by atoms with Gasteiger partial charge < -0.3 is 0 Å². The van der Waals surface area contributed by atoms with Crippen molar-refractivity contribution in [2.24, 2.45) is 5.41 Å². The lowest BCUT2D eigenvalue weighted by Crippen LogP contribution is -2.33. The predicted octanol–water partition coefficient (Wildman–Crippen LogP) is 4.61. The Balaban J connectivity index is 2.28. The standard InChI is InChI=1S/C13H16BrCl2NO2S/c1-13(2)4-3-9(7-13)17-20(18,19)12-10(15)5-8(14)6-11(12)16/h5-6,9,17H,3-4,7H2,1-2H3. The van der Waals surface area contributed by atoms with E-state index in [1.165, 1.54) is 12.1 Å². The Morgan fingerprint density at radius 3 is 2.30 bits per heavy atom. The van der Waals surface area contributed by atoms with Gasteiger partial charge in [0.15, 0.2) is 0 Å². The van der Waals surface area contributed by atoms with E-state index >= 15 is 0 Å². The van der Waals surface area contributed by atoms with Gasteiger partial charge in [-0.2, -0.15) is 0 Å². The molecule has 1 N–H and O–H groups in total. The number of benzene rings is 1. The van der Waals surface area contributed by atoms with Gasteiger partial charge in [0.1, 0.15) is 4.90 Å². The first-order chi connectivity index (χ1) is 9.11. The highest BCUT2D eigenvalue weighted by Gasteiger charge is 2.34. The predicted molar refractivity (Wildman–Crippen MR) is 85.9 cm³/mol. The van der Waals surface area contributed by atoms with Crippen LogP contribution in [0.2, 0.25) is 10.0 Å². The van der Waals surface area contributed by atoms with Gasteiger partial charge in [0, 0.05) is 10.5 Å². The Morgan fingerprint density at radius 1 is 1.30 bits per heavy atom. The van der Waals surface area contributed by atoms with Crippen LogP contribution in [0, 0.1) is 5.41 Å². The van der Waals surface area contributed by atoms with Crippen LogP contribution >= 0.6 is 39.1 Å². The molecule has 1 unspecified atom stereocenters. The summed E-state index contributed by atoms with van der Waals surface area (Å²) in [6.07, 6.45) is 2.65. The molecule has 1 aromatic carbocycles. The SMILES string of the molecule is CC1(C)CCC(NS(=O)(=O)c2c(Cl)cc(Br)cc2Cl)C1. The Kier molecular flexibility index (Phi) is 4.77. The molecule has 0 spiro atoms. The summed E-state index contributed by atoms with van der Waals surface area (Å²) < 4.78 is 28.3. The van der Waals surface area contributed by atoms with Gasteiger partial charge >= 0.3 is 0 Å². The average molecular weight is 401 g/mol. The zero-order chi connectivity index (χ0) is 15.1. The summed E-state index contributed by atoms with van der Waals surface area (Å²) in [6.45, 7) is 4.28. The summed E-state index contributed by atoms with van der Waals surface area (Å²) >= 11 is 15.3. The first-order valence-electron chi connectivity index (χ1n) is 6.28. The lowest BCUT2D eigenvalue weighted by molar-refractivity contribution is 0.372. The second kappa shape index (κ2) is 5.76. The summed E-state index contributed by atoms with van der Waals surface area (Å²) in [5.74, 6) is 0. The van der Waals surface area contributed by atoms with Gasteiger partial charge in [-0.3, -0.25) is 0 Å². The molecule has 112 valence electrons. The van der Waals surface area contributed by atoms with Crippen LogP contribution in [0.1, 0.15) is 33.1 Å². The highest BCUT2D eigenvalue weighted by atomic mass is 79.9. The zero-order valence-corrected chi connectivity index (χ0v) is 15.1. The van der Waals surface area contributed by atoms with Crippen LogP contribution in [0.5, 0.6) is 0 Å². The lowest BCUT2D eigenvalue weighted by Gasteiger charge is -2.18. The van der Waals surface area contributed by atoms with E-state index < -0.39 is 10.0 Å². The van der Waals surface area contributed by atoms with Gasteiger partial charge in [-0.1, -0.05) is 53.0 Å². The molecule has 0 saturated heterocycles. The maximum atomic E-state index is 12.5. The molecule has 1 aromatic rings. The molecule has 20 heavy (non-hydrogen) atoms. The molecule has 0 aromatic heterocycles. The van der Waals surface area contributed by atoms with Gasteiger partial charge in [-0.15, -0.1) is 0 Å². The van der Waals surface area contributed by atoms with Crippen molar-refractivity contribution in [1.29, 1.82) is 0 Å². The maximum Gasteiger partial charge on any atom is 0.243 e. The molecular weight excluding hydrogens is 385 g/mol. The summed E-state index contributed by atoms with van der Waals surface area (Å²) in [4.78, 5) is -0.0475. The smallest absolute Gasteiger partial charge is 0.208 e. The van der Waals surface area contributed by atoms with E-state index in [4.69, 9.17) is 23.2 Å². The Hall–Kier alpha value is 0.190. The van der Waals surface area contributed by atoms with E-state index in [2.05, 4.69) is 34.5 Å². The summed E-state index contributed by atoms with van der Waals surface area (Å²) in [6, 6.07) is 2.99. The van der Waals surface area contributed by atoms with Gasteiger partial charge in [0.2, 0.25) is 10.0 Å². The van der Waals surface area contributed by atoms with Crippen LogP contribution in [0.25, 0.3) is 0 Å². The van der Waals surface area contributed by atoms with Crippen LogP contribution in [0.4, 0.5) is 0 Å². The van der Waals surface area contributed by atoms with Crippen LogP contribution < -0.4 is 4.72 Å². The van der Waals surface area contributed by atoms with Crippen molar-refractivity contribution in [2.45, 2.75) is 44.0 Å². The molecule has 1 fully saturated rings. The number of halogens is 3. The fourth-order valence-electron chi connectivity index (χ4n) is 2.60. The minimum atomic E-state index is -3.71. The monoisotopic (exact) mass is 399 g/mol. The van der Waals surface area contributed by atoms with E-state index in [-0.39, 0.29) is 26.4 Å². The highest BCUT2D eigenvalue weighted by Crippen LogP contribution is 2.38. The zero-order valence-electron chi connectivity index (χ0n) is 11.2. The van der Waals surface area contributed by atoms with E-state index in [9.17, 15) is 8.42 Å². The molecule has 0 heterocycles. The van der Waals surface area contributed by atoms with Crippen molar-refractivity contribution in [3.8, 4) is 0 Å². The third-order valence-corrected chi connectivity index (χ3v) is 6.42. The number of hydrogen-bond acceptors (Lipinski definition) is 2. The number of hydrogen-bond donors (Lipinski definition) is 1. The van der Waals surface area contributed by atoms with Crippen LogP contribution in [-0.2, 0) is 10.0 Å². The van der Waals surface area contributed by atoms with Crippen molar-refractivity contribution < 1.29 is 8.42 Å². The number of nitrogens with one attached hydrogen (secondary N) is 1. The maximum absolute atomic E-state index is 12.5. The second-order valence-electron chi connectivity index (χ2n) is 5.92. The normalized spacial score (nSPS) is 22.1. The van der Waals surface area contributed by atoms with Gasteiger partial charge in [0.25, 0.3) is 0 Å². The molecule has 1 atom stereocenters. The summed E-state index contributed by atoms with van der Waals surface area (Å²) in [7, 11) is -3.71. The van der Waals surface area contributed by atoms with Gasteiger partial charge in [-0.05, 0) is 36.8 Å². The van der Waals surface area contributed by atoms with Crippen molar-refractivity contribution in [2.75, 3.05) is 0 Å². The van der Waals surface area contributed by atoms with Gasteiger partial charge in [0.05, 0.1) is 10.0 Å². The van der Waals surface area contributed by atoms with Crippen molar-refractivity contribution >= 4 is 49.2 Å². The average Bonchev–Trinajstić information content (AvgIpc) is 2.54. The fraction of sp³-hybridized carbons (Fsp3) is 0.538. The molecule has 3 nitrogen and oxygen atoms in total. The minimum absolute atomic E-state index is 0.0475. The van der Waals surface area contributed by atoms with E-state index in [0.29, 0.717) is 4.47 Å². The van der Waals surface area contributed by atoms with Crippen molar-refractivity contribution in [1.82, 2.24) is 4.72 Å². The third-order valence-electron chi connectivity index (χ3n) is 3.52. The molecule has 0 radical (unpaired) electrons. The second-order valence-corrected chi connectivity index (χ2v) is 9.30. The molecule has 2 rings (SSSR count). The highest BCUT2D eigenvalue weighted by molar-refractivity contribution is 9.10. The Labute approximate surface area is 138 Å².